The molecule has 0 aliphatic rings. The van der Waals surface area contributed by atoms with Crippen LogP contribution in [0.25, 0.3) is 11.3 Å². The first-order valence-electron chi connectivity index (χ1n) is 7.24. The highest BCUT2D eigenvalue weighted by atomic mass is 79.9. The van der Waals surface area contributed by atoms with E-state index in [0.29, 0.717) is 15.7 Å². The molecule has 0 N–H and O–H groups in total. The molecule has 0 aliphatic carbocycles. The van der Waals surface area contributed by atoms with Gasteiger partial charge in [-0.1, -0.05) is 52.3 Å². The fourth-order valence-corrected chi connectivity index (χ4v) is 2.70. The number of methoxy groups -OCH3 is 1. The monoisotopic (exact) mass is 388 g/mol. The van der Waals surface area contributed by atoms with Gasteiger partial charge in [0.05, 0.1) is 19.3 Å². The number of carbonyl (C=O) groups is 1. The van der Waals surface area contributed by atoms with Gasteiger partial charge in [-0.15, -0.1) is 0 Å². The number of hydrogen-bond donors (Lipinski definition) is 0. The molecule has 0 radical (unpaired) electrons. The molecule has 4 nitrogen and oxygen atoms in total. The zero-order valence-electron chi connectivity index (χ0n) is 12.9. The van der Waals surface area contributed by atoms with Crippen LogP contribution in [0.2, 0.25) is 0 Å². The molecule has 6 heteroatoms. The highest BCUT2D eigenvalue weighted by Crippen LogP contribution is 2.22. The van der Waals surface area contributed by atoms with E-state index in [9.17, 15) is 9.18 Å². The van der Waals surface area contributed by atoms with Crippen LogP contribution in [0.1, 0.15) is 16.1 Å². The molecule has 0 saturated heterocycles. The molecule has 0 fully saturated rings. The molecular formula is C18H14BrFN2O2. The number of nitrogens with zero attached hydrogens (tertiary/aromatic N) is 2. The van der Waals surface area contributed by atoms with Crippen molar-refractivity contribution in [1.29, 1.82) is 0 Å². The van der Waals surface area contributed by atoms with Crippen molar-refractivity contribution in [3.8, 4) is 11.3 Å². The average molecular weight is 389 g/mol. The van der Waals surface area contributed by atoms with Gasteiger partial charge >= 0.3 is 5.97 Å². The van der Waals surface area contributed by atoms with E-state index in [2.05, 4.69) is 21.0 Å². The van der Waals surface area contributed by atoms with Crippen molar-refractivity contribution in [3.63, 3.8) is 0 Å². The average Bonchev–Trinajstić information content (AvgIpc) is 3.01. The molecule has 0 atom stereocenters. The third-order valence-electron chi connectivity index (χ3n) is 3.58. The Balaban J connectivity index is 2.02. The van der Waals surface area contributed by atoms with Gasteiger partial charge < -0.3 is 4.74 Å². The summed E-state index contributed by atoms with van der Waals surface area (Å²) in [6.07, 6.45) is 0. The van der Waals surface area contributed by atoms with Crippen LogP contribution in [0, 0.1) is 5.82 Å². The first-order chi connectivity index (χ1) is 11.6. The Morgan fingerprint density at radius 3 is 2.62 bits per heavy atom. The smallest absolute Gasteiger partial charge is 0.356 e. The Morgan fingerprint density at radius 2 is 1.96 bits per heavy atom. The van der Waals surface area contributed by atoms with Crippen molar-refractivity contribution in [2.24, 2.45) is 0 Å². The zero-order valence-corrected chi connectivity index (χ0v) is 14.5. The minimum absolute atomic E-state index is 0.135. The summed E-state index contributed by atoms with van der Waals surface area (Å²) in [6.45, 7) is 0.135. The van der Waals surface area contributed by atoms with Gasteiger partial charge in [-0.2, -0.15) is 5.10 Å². The second kappa shape index (κ2) is 6.97. The predicted octanol–water partition coefficient (Wildman–Crippen LogP) is 4.29. The summed E-state index contributed by atoms with van der Waals surface area (Å²) in [7, 11) is 1.31. The maximum atomic E-state index is 14.1. The molecule has 3 aromatic rings. The van der Waals surface area contributed by atoms with Crippen LogP contribution in [0.5, 0.6) is 0 Å². The standard InChI is InChI=1S/C18H14BrFN2O2/c1-24-18(23)17-10-16(12-5-3-2-4-6-12)21-22(17)11-13-7-8-14(19)9-15(13)20/h2-10H,11H2,1H3. The highest BCUT2D eigenvalue weighted by molar-refractivity contribution is 9.10. The maximum Gasteiger partial charge on any atom is 0.356 e. The molecular weight excluding hydrogens is 375 g/mol. The third-order valence-corrected chi connectivity index (χ3v) is 4.07. The summed E-state index contributed by atoms with van der Waals surface area (Å²) in [5, 5.41) is 4.45. The Morgan fingerprint density at radius 1 is 1.21 bits per heavy atom. The quantitative estimate of drug-likeness (QED) is 0.626. The molecule has 0 amide bonds. The van der Waals surface area contributed by atoms with Crippen LogP contribution < -0.4 is 0 Å². The van der Waals surface area contributed by atoms with Crippen molar-refractivity contribution in [1.82, 2.24) is 9.78 Å². The summed E-state index contributed by atoms with van der Waals surface area (Å²) < 4.78 is 21.0. The normalized spacial score (nSPS) is 10.6. The molecule has 24 heavy (non-hydrogen) atoms. The van der Waals surface area contributed by atoms with Crippen LogP contribution in [0.15, 0.2) is 59.1 Å². The van der Waals surface area contributed by atoms with E-state index in [4.69, 9.17) is 4.74 Å². The molecule has 1 heterocycles. The molecule has 122 valence electrons. The highest BCUT2D eigenvalue weighted by Gasteiger charge is 2.18. The lowest BCUT2D eigenvalue weighted by molar-refractivity contribution is 0.0587. The molecule has 2 aromatic carbocycles. The third kappa shape index (κ3) is 3.38. The minimum Gasteiger partial charge on any atom is -0.464 e. The molecule has 0 bridgehead atoms. The van der Waals surface area contributed by atoms with E-state index in [-0.39, 0.29) is 18.1 Å². The summed E-state index contributed by atoms with van der Waals surface area (Å²) in [4.78, 5) is 12.0. The van der Waals surface area contributed by atoms with Crippen molar-refractivity contribution in [2.75, 3.05) is 7.11 Å². The van der Waals surface area contributed by atoms with Crippen molar-refractivity contribution < 1.29 is 13.9 Å². The summed E-state index contributed by atoms with van der Waals surface area (Å²) >= 11 is 3.23. The van der Waals surface area contributed by atoms with Gasteiger partial charge in [-0.05, 0) is 18.2 Å². The van der Waals surface area contributed by atoms with Gasteiger partial charge in [0.15, 0.2) is 0 Å². The number of esters is 1. The first kappa shape index (κ1) is 16.4. The Labute approximate surface area is 147 Å². The number of benzene rings is 2. The van der Waals surface area contributed by atoms with Gasteiger partial charge in [0.1, 0.15) is 11.5 Å². The Kier molecular flexibility index (Phi) is 4.76. The number of hydrogen-bond acceptors (Lipinski definition) is 3. The van der Waals surface area contributed by atoms with Gasteiger partial charge in [-0.25, -0.2) is 9.18 Å². The van der Waals surface area contributed by atoms with E-state index in [1.165, 1.54) is 17.9 Å². The minimum atomic E-state index is -0.512. The van der Waals surface area contributed by atoms with Gasteiger partial charge in [-0.3, -0.25) is 4.68 Å². The molecule has 1 aromatic heterocycles. The number of carbonyl (C=O) groups excluding carboxylic acids is 1. The molecule has 0 aliphatic heterocycles. The zero-order chi connectivity index (χ0) is 17.1. The fourth-order valence-electron chi connectivity index (χ4n) is 2.37. The second-order valence-corrected chi connectivity index (χ2v) is 6.08. The molecule has 0 unspecified atom stereocenters. The lowest BCUT2D eigenvalue weighted by Gasteiger charge is -2.07. The van der Waals surface area contributed by atoms with E-state index < -0.39 is 5.97 Å². The Bertz CT molecular complexity index is 878. The van der Waals surface area contributed by atoms with E-state index >= 15 is 0 Å². The topological polar surface area (TPSA) is 44.1 Å². The summed E-state index contributed by atoms with van der Waals surface area (Å²) in [5.74, 6) is -0.876. The van der Waals surface area contributed by atoms with Crippen molar-refractivity contribution in [2.45, 2.75) is 6.54 Å². The van der Waals surface area contributed by atoms with E-state index in [0.717, 1.165) is 5.56 Å². The van der Waals surface area contributed by atoms with Gasteiger partial charge in [0.25, 0.3) is 0 Å². The van der Waals surface area contributed by atoms with Gasteiger partial charge in [0.2, 0.25) is 0 Å². The van der Waals surface area contributed by atoms with Crippen molar-refractivity contribution >= 4 is 21.9 Å². The van der Waals surface area contributed by atoms with Crippen LogP contribution in [0.4, 0.5) is 4.39 Å². The van der Waals surface area contributed by atoms with Gasteiger partial charge in [0, 0.05) is 15.6 Å². The van der Waals surface area contributed by atoms with E-state index in [1.807, 2.05) is 30.3 Å². The Hall–Kier alpha value is -2.47. The molecule has 3 rings (SSSR count). The SMILES string of the molecule is COC(=O)c1cc(-c2ccccc2)nn1Cc1ccc(Br)cc1F. The molecule has 0 spiro atoms. The molecule has 0 saturated carbocycles. The summed E-state index contributed by atoms with van der Waals surface area (Å²) in [6, 6.07) is 15.9. The maximum absolute atomic E-state index is 14.1. The van der Waals surface area contributed by atoms with Crippen LogP contribution in [-0.2, 0) is 11.3 Å². The van der Waals surface area contributed by atoms with Crippen LogP contribution in [-0.4, -0.2) is 22.9 Å². The lowest BCUT2D eigenvalue weighted by Crippen LogP contribution is -2.13. The first-order valence-corrected chi connectivity index (χ1v) is 8.03. The lowest BCUT2D eigenvalue weighted by atomic mass is 10.1. The van der Waals surface area contributed by atoms with E-state index in [1.54, 1.807) is 18.2 Å². The number of aromatic nitrogens is 2. The summed E-state index contributed by atoms with van der Waals surface area (Å²) in [5.41, 5.74) is 2.22. The predicted molar refractivity (Wildman–Crippen MR) is 92.2 cm³/mol. The number of halogens is 2. The second-order valence-electron chi connectivity index (χ2n) is 5.17. The van der Waals surface area contributed by atoms with Crippen molar-refractivity contribution in [3.05, 3.63) is 76.1 Å². The number of rotatable bonds is 4. The van der Waals surface area contributed by atoms with Crippen LogP contribution >= 0.6 is 15.9 Å². The van der Waals surface area contributed by atoms with Crippen LogP contribution in [0.3, 0.4) is 0 Å². The number of ether oxygens (including phenoxy) is 1. The fraction of sp³-hybridized carbons (Fsp3) is 0.111. The largest absolute Gasteiger partial charge is 0.464 e.